The first-order valence-electron chi connectivity index (χ1n) is 3.85. The lowest BCUT2D eigenvalue weighted by Crippen LogP contribution is -1.97. The molecule has 0 saturated carbocycles. The summed E-state index contributed by atoms with van der Waals surface area (Å²) in [5.41, 5.74) is 0. The van der Waals surface area contributed by atoms with Gasteiger partial charge in [0, 0.05) is 26.3 Å². The summed E-state index contributed by atoms with van der Waals surface area (Å²) in [4.78, 5) is 21.1. The molecule has 0 aromatic heterocycles. The molecule has 0 N–H and O–H groups in total. The minimum absolute atomic E-state index is 0.372. The number of carbonyl (C=O) groups excluding carboxylic acids is 2. The fraction of sp³-hybridized carbons (Fsp3) is 0.333. The number of hydrogen-bond acceptors (Lipinski definition) is 4. The lowest BCUT2D eigenvalue weighted by molar-refractivity contribution is -0.137. The first-order valence-corrected chi connectivity index (χ1v) is 3.85. The maximum atomic E-state index is 10.5. The van der Waals surface area contributed by atoms with E-state index in [4.69, 9.17) is 9.47 Å². The third kappa shape index (κ3) is 3.11. The Kier molecular flexibility index (Phi) is 2.84. The lowest BCUT2D eigenvalue weighted by Gasteiger charge is -1.99. The molecule has 0 spiro atoms. The third-order valence-corrected chi connectivity index (χ3v) is 1.34. The summed E-state index contributed by atoms with van der Waals surface area (Å²) in [6.07, 6.45) is 3.70. The van der Waals surface area contributed by atoms with Crippen LogP contribution in [0.3, 0.4) is 0 Å². The van der Waals surface area contributed by atoms with E-state index in [0.717, 1.165) is 0 Å². The van der Waals surface area contributed by atoms with Crippen molar-refractivity contribution in [3.63, 3.8) is 0 Å². The molecule has 0 aromatic rings. The van der Waals surface area contributed by atoms with Gasteiger partial charge in [-0.1, -0.05) is 0 Å². The number of ether oxygens (including phenoxy) is 2. The van der Waals surface area contributed by atoms with Crippen LogP contribution in [0.4, 0.5) is 0 Å². The molecule has 0 amide bonds. The fourth-order valence-electron chi connectivity index (χ4n) is 0.971. The van der Waals surface area contributed by atoms with Crippen molar-refractivity contribution in [2.45, 2.75) is 20.3 Å². The van der Waals surface area contributed by atoms with Crippen molar-refractivity contribution in [2.24, 2.45) is 0 Å². The first-order chi connectivity index (χ1) is 6.08. The van der Waals surface area contributed by atoms with E-state index in [1.165, 1.54) is 19.9 Å². The molecule has 0 radical (unpaired) electrons. The highest BCUT2D eigenvalue weighted by Gasteiger charge is 2.11. The van der Waals surface area contributed by atoms with Gasteiger partial charge >= 0.3 is 11.9 Å². The largest absolute Gasteiger partial charge is 0.431 e. The van der Waals surface area contributed by atoms with E-state index in [1.54, 1.807) is 6.08 Å². The summed E-state index contributed by atoms with van der Waals surface area (Å²) in [7, 11) is 0. The molecule has 0 unspecified atom stereocenters. The zero-order valence-corrected chi connectivity index (χ0v) is 7.49. The van der Waals surface area contributed by atoms with E-state index >= 15 is 0 Å². The number of carbonyl (C=O) groups is 2. The van der Waals surface area contributed by atoms with Crippen LogP contribution in [0.15, 0.2) is 23.7 Å². The van der Waals surface area contributed by atoms with Crippen molar-refractivity contribution >= 4 is 11.9 Å². The molecule has 4 heteroatoms. The van der Waals surface area contributed by atoms with Gasteiger partial charge < -0.3 is 9.47 Å². The second kappa shape index (κ2) is 3.89. The predicted molar refractivity (Wildman–Crippen MR) is 44.3 cm³/mol. The smallest absolute Gasteiger partial charge is 0.308 e. The second-order valence-corrected chi connectivity index (χ2v) is 2.61. The van der Waals surface area contributed by atoms with E-state index in [1.807, 2.05) is 0 Å². The molecule has 1 aliphatic rings. The molecular weight excluding hydrogens is 172 g/mol. The van der Waals surface area contributed by atoms with E-state index in [9.17, 15) is 9.59 Å². The van der Waals surface area contributed by atoms with Gasteiger partial charge in [0.05, 0.1) is 0 Å². The molecule has 13 heavy (non-hydrogen) atoms. The third-order valence-electron chi connectivity index (χ3n) is 1.34. The molecule has 0 atom stereocenters. The molecule has 0 heterocycles. The van der Waals surface area contributed by atoms with Crippen LogP contribution in [0.5, 0.6) is 0 Å². The van der Waals surface area contributed by atoms with Crippen molar-refractivity contribution in [2.75, 3.05) is 0 Å². The van der Waals surface area contributed by atoms with Crippen molar-refractivity contribution in [3.8, 4) is 0 Å². The molecule has 70 valence electrons. The summed E-state index contributed by atoms with van der Waals surface area (Å²) in [5.74, 6) is 0.183. The van der Waals surface area contributed by atoms with E-state index < -0.39 is 0 Å². The van der Waals surface area contributed by atoms with E-state index in [2.05, 4.69) is 0 Å². The molecule has 4 nitrogen and oxygen atoms in total. The molecule has 0 bridgehead atoms. The Morgan fingerprint density at radius 2 is 1.85 bits per heavy atom. The van der Waals surface area contributed by atoms with Gasteiger partial charge in [-0.3, -0.25) is 9.59 Å². The minimum atomic E-state index is -0.383. The zero-order valence-electron chi connectivity index (χ0n) is 7.49. The second-order valence-electron chi connectivity index (χ2n) is 2.61. The van der Waals surface area contributed by atoms with Crippen molar-refractivity contribution in [1.29, 1.82) is 0 Å². The van der Waals surface area contributed by atoms with Gasteiger partial charge in [0.25, 0.3) is 0 Å². The van der Waals surface area contributed by atoms with Gasteiger partial charge in [-0.15, -0.1) is 0 Å². The Morgan fingerprint density at radius 1 is 1.23 bits per heavy atom. The Hall–Kier alpha value is -1.58. The number of hydrogen-bond donors (Lipinski definition) is 0. The quantitative estimate of drug-likeness (QED) is 0.604. The van der Waals surface area contributed by atoms with Crippen LogP contribution in [0.25, 0.3) is 0 Å². The van der Waals surface area contributed by atoms with Gasteiger partial charge in [0.1, 0.15) is 11.5 Å². The van der Waals surface area contributed by atoms with Gasteiger partial charge in [-0.05, 0) is 6.08 Å². The van der Waals surface area contributed by atoms with Crippen LogP contribution >= 0.6 is 0 Å². The number of allylic oxidation sites excluding steroid dienone is 2. The average molecular weight is 182 g/mol. The summed E-state index contributed by atoms with van der Waals surface area (Å²) < 4.78 is 9.58. The maximum absolute atomic E-state index is 10.5. The monoisotopic (exact) mass is 182 g/mol. The van der Waals surface area contributed by atoms with Crippen LogP contribution in [0.1, 0.15) is 20.3 Å². The van der Waals surface area contributed by atoms with Gasteiger partial charge in [0.2, 0.25) is 0 Å². The highest BCUT2D eigenvalue weighted by Crippen LogP contribution is 2.19. The van der Waals surface area contributed by atoms with Crippen LogP contribution in [0.2, 0.25) is 0 Å². The Balaban J connectivity index is 2.50. The van der Waals surface area contributed by atoms with Gasteiger partial charge in [-0.2, -0.15) is 0 Å². The topological polar surface area (TPSA) is 52.6 Å². The molecule has 0 fully saturated rings. The Bertz CT molecular complexity index is 299. The van der Waals surface area contributed by atoms with Gasteiger partial charge in [0.15, 0.2) is 0 Å². The van der Waals surface area contributed by atoms with Crippen molar-refractivity contribution in [1.82, 2.24) is 0 Å². The van der Waals surface area contributed by atoms with Crippen LogP contribution in [0, 0.1) is 0 Å². The molecule has 0 aliphatic heterocycles. The minimum Gasteiger partial charge on any atom is -0.431 e. The summed E-state index contributed by atoms with van der Waals surface area (Å²) in [6.45, 7) is 2.64. The Labute approximate surface area is 75.8 Å². The van der Waals surface area contributed by atoms with Gasteiger partial charge in [-0.25, -0.2) is 0 Å². The maximum Gasteiger partial charge on any atom is 0.308 e. The molecule has 1 aliphatic carbocycles. The zero-order chi connectivity index (χ0) is 9.84. The average Bonchev–Trinajstić information content (AvgIpc) is 2.33. The highest BCUT2D eigenvalue weighted by molar-refractivity contribution is 5.69. The molecule has 0 saturated heterocycles. The van der Waals surface area contributed by atoms with Crippen LogP contribution in [-0.4, -0.2) is 11.9 Å². The highest BCUT2D eigenvalue weighted by atomic mass is 16.5. The van der Waals surface area contributed by atoms with Crippen molar-refractivity contribution < 1.29 is 19.1 Å². The number of esters is 2. The Morgan fingerprint density at radius 3 is 2.38 bits per heavy atom. The lowest BCUT2D eigenvalue weighted by atomic mass is 10.4. The summed E-state index contributed by atoms with van der Waals surface area (Å²) >= 11 is 0. The standard InChI is InChI=1S/C9H10O4/c1-6(10)12-8-3-4-9(5-8)13-7(2)11/h3,5H,4H2,1-2H3. The molecular formula is C9H10O4. The summed E-state index contributed by atoms with van der Waals surface area (Å²) in [5, 5.41) is 0. The van der Waals surface area contributed by atoms with E-state index in [-0.39, 0.29) is 11.9 Å². The number of rotatable bonds is 2. The van der Waals surface area contributed by atoms with E-state index in [0.29, 0.717) is 17.9 Å². The summed E-state index contributed by atoms with van der Waals surface area (Å²) in [6, 6.07) is 0. The molecule has 0 aromatic carbocycles. The normalized spacial score (nSPS) is 14.6. The first kappa shape index (κ1) is 9.51. The van der Waals surface area contributed by atoms with Crippen LogP contribution in [-0.2, 0) is 19.1 Å². The van der Waals surface area contributed by atoms with Crippen LogP contribution < -0.4 is 0 Å². The van der Waals surface area contributed by atoms with Crippen molar-refractivity contribution in [3.05, 3.63) is 23.7 Å². The SMILES string of the molecule is CC(=O)OC1=CCC(OC(C)=O)=C1. The predicted octanol–water partition coefficient (Wildman–Crippen LogP) is 1.28. The molecule has 1 rings (SSSR count). The fourth-order valence-corrected chi connectivity index (χ4v) is 0.971.